The summed E-state index contributed by atoms with van der Waals surface area (Å²) < 4.78 is 64.9. The fraction of sp³-hybridized carbons (Fsp3) is 0.500. The highest BCUT2D eigenvalue weighted by Crippen LogP contribution is 2.37. The zero-order valence-corrected chi connectivity index (χ0v) is 13.0. The second-order valence-electron chi connectivity index (χ2n) is 5.16. The van der Waals surface area contributed by atoms with Crippen LogP contribution < -0.4 is 4.72 Å². The predicted molar refractivity (Wildman–Crippen MR) is 71.7 cm³/mol. The lowest BCUT2D eigenvalue weighted by Crippen LogP contribution is -2.50. The van der Waals surface area contributed by atoms with Gasteiger partial charge in [-0.3, -0.25) is 0 Å². The molecular formula is C12H13BrF3NO2S. The summed E-state index contributed by atoms with van der Waals surface area (Å²) in [4.78, 5) is -0.374. The molecule has 1 aliphatic carbocycles. The Morgan fingerprint density at radius 1 is 1.30 bits per heavy atom. The van der Waals surface area contributed by atoms with Gasteiger partial charge in [0.25, 0.3) is 0 Å². The minimum atomic E-state index is -4.61. The molecule has 1 aromatic rings. The Morgan fingerprint density at radius 2 is 1.90 bits per heavy atom. The van der Waals surface area contributed by atoms with E-state index < -0.39 is 27.3 Å². The molecule has 0 aromatic heterocycles. The molecule has 2 rings (SSSR count). The summed E-state index contributed by atoms with van der Waals surface area (Å²) in [6, 6.07) is 2.90. The van der Waals surface area contributed by atoms with Crippen molar-refractivity contribution in [2.45, 2.75) is 42.8 Å². The van der Waals surface area contributed by atoms with Crippen molar-refractivity contribution in [1.29, 1.82) is 0 Å². The average Bonchev–Trinajstić information content (AvgIpc) is 2.25. The molecular weight excluding hydrogens is 359 g/mol. The van der Waals surface area contributed by atoms with Gasteiger partial charge in [0, 0.05) is 10.0 Å². The molecule has 3 nitrogen and oxygen atoms in total. The minimum absolute atomic E-state index is 0.182. The van der Waals surface area contributed by atoms with Gasteiger partial charge < -0.3 is 0 Å². The third-order valence-corrected chi connectivity index (χ3v) is 5.72. The summed E-state index contributed by atoms with van der Waals surface area (Å²) in [5, 5.41) is 0. The van der Waals surface area contributed by atoms with E-state index in [0.717, 1.165) is 18.6 Å². The Morgan fingerprint density at radius 3 is 2.35 bits per heavy atom. The lowest BCUT2D eigenvalue weighted by atomic mass is 9.80. The molecule has 0 bridgehead atoms. The average molecular weight is 372 g/mol. The standard InChI is InChI=1S/C12H13BrF3NO2S/c1-11(5-2-6-11)17-20(18,19)8-3-4-10(13)9(7-8)12(14,15)16/h3-4,7,17H,2,5-6H2,1H3. The predicted octanol–water partition coefficient (Wildman–Crippen LogP) is 3.69. The highest BCUT2D eigenvalue weighted by molar-refractivity contribution is 9.10. The maximum absolute atomic E-state index is 12.8. The number of halogens is 4. The quantitative estimate of drug-likeness (QED) is 0.880. The van der Waals surface area contributed by atoms with Crippen LogP contribution in [-0.4, -0.2) is 14.0 Å². The van der Waals surface area contributed by atoms with Crippen molar-refractivity contribution < 1.29 is 21.6 Å². The van der Waals surface area contributed by atoms with Crippen molar-refractivity contribution in [2.24, 2.45) is 0 Å². The molecule has 0 radical (unpaired) electrons. The van der Waals surface area contributed by atoms with Crippen molar-refractivity contribution in [1.82, 2.24) is 4.72 Å². The van der Waals surface area contributed by atoms with Crippen LogP contribution in [0.5, 0.6) is 0 Å². The molecule has 0 atom stereocenters. The summed E-state index contributed by atoms with van der Waals surface area (Å²) >= 11 is 2.78. The van der Waals surface area contributed by atoms with Gasteiger partial charge in [-0.1, -0.05) is 15.9 Å². The second-order valence-corrected chi connectivity index (χ2v) is 7.70. The molecule has 0 heterocycles. The van der Waals surface area contributed by atoms with E-state index >= 15 is 0 Å². The first-order valence-corrected chi connectivity index (χ1v) is 8.22. The van der Waals surface area contributed by atoms with Crippen molar-refractivity contribution in [3.05, 3.63) is 28.2 Å². The Hall–Kier alpha value is -0.600. The van der Waals surface area contributed by atoms with Crippen LogP contribution >= 0.6 is 15.9 Å². The molecule has 1 N–H and O–H groups in total. The van der Waals surface area contributed by atoms with Crippen molar-refractivity contribution in [2.75, 3.05) is 0 Å². The Bertz CT molecular complexity index is 624. The van der Waals surface area contributed by atoms with Gasteiger partial charge in [-0.2, -0.15) is 13.2 Å². The summed E-state index contributed by atoms with van der Waals surface area (Å²) in [6.07, 6.45) is -2.32. The molecule has 112 valence electrons. The molecule has 1 saturated carbocycles. The smallest absolute Gasteiger partial charge is 0.207 e. The first-order valence-electron chi connectivity index (χ1n) is 5.94. The van der Waals surface area contributed by atoms with E-state index in [0.29, 0.717) is 18.9 Å². The number of sulfonamides is 1. The normalized spacial score (nSPS) is 18.6. The van der Waals surface area contributed by atoms with Gasteiger partial charge in [0.15, 0.2) is 0 Å². The lowest BCUT2D eigenvalue weighted by molar-refractivity contribution is -0.138. The molecule has 8 heteroatoms. The van der Waals surface area contributed by atoms with E-state index in [4.69, 9.17) is 0 Å². The van der Waals surface area contributed by atoms with Gasteiger partial charge in [0.2, 0.25) is 10.0 Å². The first kappa shape index (κ1) is 15.8. The highest BCUT2D eigenvalue weighted by Gasteiger charge is 2.38. The van der Waals surface area contributed by atoms with Crippen molar-refractivity contribution in [3.63, 3.8) is 0 Å². The highest BCUT2D eigenvalue weighted by atomic mass is 79.9. The van der Waals surface area contributed by atoms with Gasteiger partial charge in [0.1, 0.15) is 0 Å². The number of rotatable bonds is 3. The van der Waals surface area contributed by atoms with Crippen LogP contribution in [0, 0.1) is 0 Å². The number of alkyl halides is 3. The largest absolute Gasteiger partial charge is 0.417 e. The Kier molecular flexibility index (Phi) is 3.94. The van der Waals surface area contributed by atoms with Gasteiger partial charge in [0.05, 0.1) is 10.5 Å². The SMILES string of the molecule is CC1(NS(=O)(=O)c2ccc(Br)c(C(F)(F)F)c2)CCC1. The Labute approximate surface area is 123 Å². The van der Waals surface area contributed by atoms with E-state index in [1.165, 1.54) is 0 Å². The third-order valence-electron chi connectivity index (χ3n) is 3.39. The molecule has 20 heavy (non-hydrogen) atoms. The molecule has 1 aromatic carbocycles. The van der Waals surface area contributed by atoms with Gasteiger partial charge >= 0.3 is 6.18 Å². The van der Waals surface area contributed by atoms with Gasteiger partial charge in [-0.05, 0) is 44.4 Å². The van der Waals surface area contributed by atoms with E-state index in [9.17, 15) is 21.6 Å². The fourth-order valence-corrected chi connectivity index (χ4v) is 4.04. The van der Waals surface area contributed by atoms with Gasteiger partial charge in [-0.25, -0.2) is 13.1 Å². The minimum Gasteiger partial charge on any atom is -0.207 e. The van der Waals surface area contributed by atoms with E-state index in [1.54, 1.807) is 6.92 Å². The van der Waals surface area contributed by atoms with Crippen LogP contribution in [0.3, 0.4) is 0 Å². The number of benzene rings is 1. The second kappa shape index (κ2) is 4.99. The zero-order valence-electron chi connectivity index (χ0n) is 10.6. The molecule has 0 spiro atoms. The van der Waals surface area contributed by atoms with E-state index in [2.05, 4.69) is 20.7 Å². The topological polar surface area (TPSA) is 46.2 Å². The molecule has 1 aliphatic rings. The summed E-state index contributed by atoms with van der Waals surface area (Å²) in [5.74, 6) is 0. The van der Waals surface area contributed by atoms with E-state index in [-0.39, 0.29) is 9.37 Å². The number of nitrogens with one attached hydrogen (secondary N) is 1. The van der Waals surface area contributed by atoms with Crippen LogP contribution in [0.15, 0.2) is 27.6 Å². The number of hydrogen-bond acceptors (Lipinski definition) is 2. The van der Waals surface area contributed by atoms with E-state index in [1.807, 2.05) is 0 Å². The van der Waals surface area contributed by atoms with Crippen molar-refractivity contribution in [3.8, 4) is 0 Å². The fourth-order valence-electron chi connectivity index (χ4n) is 2.08. The molecule has 0 unspecified atom stereocenters. The Balaban J connectivity index is 2.37. The summed E-state index contributed by atoms with van der Waals surface area (Å²) in [6.45, 7) is 1.75. The first-order chi connectivity index (χ1) is 9.04. The van der Waals surface area contributed by atoms with Crippen LogP contribution in [0.2, 0.25) is 0 Å². The third kappa shape index (κ3) is 3.17. The zero-order chi connectivity index (χ0) is 15.2. The number of hydrogen-bond donors (Lipinski definition) is 1. The van der Waals surface area contributed by atoms with Crippen LogP contribution in [0.4, 0.5) is 13.2 Å². The maximum atomic E-state index is 12.8. The summed E-state index contributed by atoms with van der Waals surface area (Å²) in [7, 11) is -3.95. The lowest BCUT2D eigenvalue weighted by Gasteiger charge is -2.38. The van der Waals surface area contributed by atoms with Crippen LogP contribution in [0.1, 0.15) is 31.7 Å². The van der Waals surface area contributed by atoms with Crippen LogP contribution in [-0.2, 0) is 16.2 Å². The van der Waals surface area contributed by atoms with Crippen molar-refractivity contribution >= 4 is 26.0 Å². The molecule has 1 fully saturated rings. The summed E-state index contributed by atoms with van der Waals surface area (Å²) in [5.41, 5.74) is -1.55. The maximum Gasteiger partial charge on any atom is 0.417 e. The monoisotopic (exact) mass is 371 g/mol. The molecule has 0 saturated heterocycles. The van der Waals surface area contributed by atoms with Gasteiger partial charge in [-0.15, -0.1) is 0 Å². The van der Waals surface area contributed by atoms with Crippen LogP contribution in [0.25, 0.3) is 0 Å². The molecule has 0 amide bonds. The molecule has 0 aliphatic heterocycles.